The van der Waals surface area contributed by atoms with Gasteiger partial charge >= 0.3 is 0 Å². The van der Waals surface area contributed by atoms with Gasteiger partial charge in [-0.05, 0) is 36.4 Å². The van der Waals surface area contributed by atoms with Gasteiger partial charge in [0.15, 0.2) is 0 Å². The molecule has 0 heterocycles. The molecular formula is C18H22N2O2. The second-order valence-corrected chi connectivity index (χ2v) is 4.93. The highest BCUT2D eigenvalue weighted by atomic mass is 16.5. The number of hydrogen-bond donors (Lipinski definition) is 3. The Morgan fingerprint density at radius 3 is 2.32 bits per heavy atom. The van der Waals surface area contributed by atoms with Gasteiger partial charge in [-0.3, -0.25) is 0 Å². The molecule has 0 saturated carbocycles. The number of rotatable bonds is 9. The molecule has 2 aromatic rings. The molecule has 0 spiro atoms. The van der Waals surface area contributed by atoms with Crippen LogP contribution in [0.3, 0.4) is 0 Å². The molecule has 0 aromatic heterocycles. The van der Waals surface area contributed by atoms with Crippen LogP contribution in [0.25, 0.3) is 0 Å². The average molecular weight is 298 g/mol. The first-order chi connectivity index (χ1) is 10.8. The van der Waals surface area contributed by atoms with Crippen LogP contribution in [0, 0.1) is 0 Å². The number of hydrogen-bond acceptors (Lipinski definition) is 4. The van der Waals surface area contributed by atoms with Gasteiger partial charge < -0.3 is 20.5 Å². The minimum Gasteiger partial charge on any atom is -0.389 e. The van der Waals surface area contributed by atoms with Crippen molar-refractivity contribution in [1.82, 2.24) is 0 Å². The Hall–Kier alpha value is -2.30. The SMILES string of the molecule is C=CCOCC(O)CNc1ccc(Nc2ccccc2)cc1. The third-order valence-corrected chi connectivity index (χ3v) is 3.04. The second kappa shape index (κ2) is 8.87. The molecular weight excluding hydrogens is 276 g/mol. The third-order valence-electron chi connectivity index (χ3n) is 3.04. The summed E-state index contributed by atoms with van der Waals surface area (Å²) in [6.07, 6.45) is 1.13. The van der Waals surface area contributed by atoms with E-state index in [0.717, 1.165) is 17.1 Å². The Labute approximate surface area is 131 Å². The maximum atomic E-state index is 9.75. The second-order valence-electron chi connectivity index (χ2n) is 4.93. The molecule has 22 heavy (non-hydrogen) atoms. The van der Waals surface area contributed by atoms with E-state index in [4.69, 9.17) is 4.74 Å². The van der Waals surface area contributed by atoms with E-state index in [-0.39, 0.29) is 0 Å². The van der Waals surface area contributed by atoms with E-state index < -0.39 is 6.10 Å². The molecule has 1 unspecified atom stereocenters. The van der Waals surface area contributed by atoms with Crippen LogP contribution in [0.15, 0.2) is 67.3 Å². The predicted molar refractivity (Wildman–Crippen MR) is 91.7 cm³/mol. The summed E-state index contributed by atoms with van der Waals surface area (Å²) in [6.45, 7) is 4.76. The van der Waals surface area contributed by atoms with Crippen LogP contribution in [0.4, 0.5) is 17.1 Å². The lowest BCUT2D eigenvalue weighted by molar-refractivity contribution is 0.0566. The Morgan fingerprint density at radius 2 is 1.64 bits per heavy atom. The Kier molecular flexibility index (Phi) is 6.48. The summed E-state index contributed by atoms with van der Waals surface area (Å²) < 4.78 is 5.20. The number of aliphatic hydroxyl groups excluding tert-OH is 1. The van der Waals surface area contributed by atoms with E-state index in [0.29, 0.717) is 19.8 Å². The zero-order valence-corrected chi connectivity index (χ0v) is 12.5. The Balaban J connectivity index is 1.78. The summed E-state index contributed by atoms with van der Waals surface area (Å²) in [5, 5.41) is 16.3. The molecule has 0 fully saturated rings. The van der Waals surface area contributed by atoms with Crippen molar-refractivity contribution in [3.8, 4) is 0 Å². The molecule has 2 rings (SSSR count). The van der Waals surface area contributed by atoms with Crippen molar-refractivity contribution >= 4 is 17.1 Å². The van der Waals surface area contributed by atoms with E-state index in [1.165, 1.54) is 0 Å². The van der Waals surface area contributed by atoms with Crippen molar-refractivity contribution in [3.05, 3.63) is 67.3 Å². The number of aliphatic hydroxyl groups is 1. The average Bonchev–Trinajstić information content (AvgIpc) is 2.55. The topological polar surface area (TPSA) is 53.5 Å². The molecule has 0 aliphatic rings. The maximum Gasteiger partial charge on any atom is 0.0945 e. The predicted octanol–water partition coefficient (Wildman–Crippen LogP) is 3.41. The Bertz CT molecular complexity index is 555. The molecule has 4 nitrogen and oxygen atoms in total. The van der Waals surface area contributed by atoms with Gasteiger partial charge in [-0.15, -0.1) is 6.58 Å². The lowest BCUT2D eigenvalue weighted by Gasteiger charge is -2.13. The van der Waals surface area contributed by atoms with Crippen LogP contribution in [-0.2, 0) is 4.74 Å². The van der Waals surface area contributed by atoms with Crippen molar-refractivity contribution in [3.63, 3.8) is 0 Å². The minimum atomic E-state index is -0.540. The molecule has 0 amide bonds. The lowest BCUT2D eigenvalue weighted by Crippen LogP contribution is -2.24. The van der Waals surface area contributed by atoms with E-state index in [1.807, 2.05) is 54.6 Å². The molecule has 0 saturated heterocycles. The van der Waals surface area contributed by atoms with Crippen LogP contribution < -0.4 is 10.6 Å². The molecule has 4 heteroatoms. The zero-order chi connectivity index (χ0) is 15.6. The first-order valence-corrected chi connectivity index (χ1v) is 7.30. The molecule has 0 aliphatic carbocycles. The standard InChI is InChI=1S/C18H22N2O2/c1-2-12-22-14-18(21)13-19-15-8-10-17(11-9-15)20-16-6-4-3-5-7-16/h2-11,18-21H,1,12-14H2. The Morgan fingerprint density at radius 1 is 1.00 bits per heavy atom. The van der Waals surface area contributed by atoms with E-state index >= 15 is 0 Å². The fourth-order valence-corrected chi connectivity index (χ4v) is 1.94. The fraction of sp³-hybridized carbons (Fsp3) is 0.222. The molecule has 0 radical (unpaired) electrons. The van der Waals surface area contributed by atoms with E-state index in [9.17, 15) is 5.11 Å². The fourth-order valence-electron chi connectivity index (χ4n) is 1.94. The molecule has 0 bridgehead atoms. The van der Waals surface area contributed by atoms with E-state index in [2.05, 4.69) is 17.2 Å². The largest absolute Gasteiger partial charge is 0.389 e. The van der Waals surface area contributed by atoms with Gasteiger partial charge in [0, 0.05) is 23.6 Å². The quantitative estimate of drug-likeness (QED) is 0.490. The molecule has 3 N–H and O–H groups in total. The zero-order valence-electron chi connectivity index (χ0n) is 12.5. The highest BCUT2D eigenvalue weighted by molar-refractivity contribution is 5.62. The number of ether oxygens (including phenoxy) is 1. The summed E-state index contributed by atoms with van der Waals surface area (Å²) in [6, 6.07) is 18.0. The summed E-state index contributed by atoms with van der Waals surface area (Å²) >= 11 is 0. The summed E-state index contributed by atoms with van der Waals surface area (Å²) in [7, 11) is 0. The van der Waals surface area contributed by atoms with Crippen LogP contribution in [-0.4, -0.2) is 31.0 Å². The number of nitrogens with one attached hydrogen (secondary N) is 2. The van der Waals surface area contributed by atoms with Gasteiger partial charge in [-0.1, -0.05) is 24.3 Å². The van der Waals surface area contributed by atoms with Gasteiger partial charge in [0.1, 0.15) is 0 Å². The van der Waals surface area contributed by atoms with Gasteiger partial charge in [0.2, 0.25) is 0 Å². The van der Waals surface area contributed by atoms with Gasteiger partial charge in [-0.25, -0.2) is 0 Å². The van der Waals surface area contributed by atoms with Crippen molar-refractivity contribution < 1.29 is 9.84 Å². The van der Waals surface area contributed by atoms with Crippen LogP contribution in [0.5, 0.6) is 0 Å². The molecule has 116 valence electrons. The van der Waals surface area contributed by atoms with Crippen LogP contribution >= 0.6 is 0 Å². The van der Waals surface area contributed by atoms with Crippen LogP contribution in [0.2, 0.25) is 0 Å². The first kappa shape index (κ1) is 16.1. The van der Waals surface area contributed by atoms with Crippen molar-refractivity contribution in [2.24, 2.45) is 0 Å². The molecule has 0 aliphatic heterocycles. The summed E-state index contributed by atoms with van der Waals surface area (Å²) in [5.41, 5.74) is 3.03. The number of para-hydroxylation sites is 1. The highest BCUT2D eigenvalue weighted by Crippen LogP contribution is 2.18. The lowest BCUT2D eigenvalue weighted by atomic mass is 10.2. The van der Waals surface area contributed by atoms with Gasteiger partial charge in [0.25, 0.3) is 0 Å². The van der Waals surface area contributed by atoms with E-state index in [1.54, 1.807) is 6.08 Å². The highest BCUT2D eigenvalue weighted by Gasteiger charge is 2.03. The maximum absolute atomic E-state index is 9.75. The monoisotopic (exact) mass is 298 g/mol. The smallest absolute Gasteiger partial charge is 0.0945 e. The molecule has 1 atom stereocenters. The van der Waals surface area contributed by atoms with Crippen molar-refractivity contribution in [1.29, 1.82) is 0 Å². The molecule has 2 aromatic carbocycles. The third kappa shape index (κ3) is 5.60. The minimum absolute atomic E-state index is 0.298. The summed E-state index contributed by atoms with van der Waals surface area (Å²) in [4.78, 5) is 0. The first-order valence-electron chi connectivity index (χ1n) is 7.30. The van der Waals surface area contributed by atoms with Crippen molar-refractivity contribution in [2.45, 2.75) is 6.10 Å². The number of anilines is 3. The normalized spacial score (nSPS) is 11.7. The van der Waals surface area contributed by atoms with Crippen molar-refractivity contribution in [2.75, 3.05) is 30.4 Å². The summed E-state index contributed by atoms with van der Waals surface area (Å²) in [5.74, 6) is 0. The van der Waals surface area contributed by atoms with Gasteiger partial charge in [-0.2, -0.15) is 0 Å². The van der Waals surface area contributed by atoms with Gasteiger partial charge in [0.05, 0.1) is 19.3 Å². The number of benzene rings is 2. The van der Waals surface area contributed by atoms with Crippen LogP contribution in [0.1, 0.15) is 0 Å².